The van der Waals surface area contributed by atoms with Gasteiger partial charge in [0.25, 0.3) is 0 Å². The second-order valence-electron chi connectivity index (χ2n) is 4.13. The molecule has 2 aromatic rings. The molecule has 0 unspecified atom stereocenters. The summed E-state index contributed by atoms with van der Waals surface area (Å²) in [5.41, 5.74) is -0.746. The topological polar surface area (TPSA) is 89.7 Å². The van der Waals surface area contributed by atoms with Crippen molar-refractivity contribution < 1.29 is 24.0 Å². The van der Waals surface area contributed by atoms with E-state index < -0.39 is 34.6 Å². The molecule has 0 radical (unpaired) electrons. The standard InChI is InChI=1S/C14H10FNO5/c15-13-9(8-12(17)18)6-7-11(16(19)20)14(13)21-10-4-2-1-3-5-10/h1-7H,8H2,(H,17,18). The van der Waals surface area contributed by atoms with Crippen molar-refractivity contribution in [2.45, 2.75) is 6.42 Å². The van der Waals surface area contributed by atoms with Crippen LogP contribution in [0.2, 0.25) is 0 Å². The maximum atomic E-state index is 14.2. The lowest BCUT2D eigenvalue weighted by molar-refractivity contribution is -0.385. The predicted octanol–water partition coefficient (Wildman–Crippen LogP) is 3.15. The molecule has 0 aliphatic carbocycles. The van der Waals surface area contributed by atoms with E-state index in [0.29, 0.717) is 0 Å². The zero-order valence-corrected chi connectivity index (χ0v) is 10.7. The fraction of sp³-hybridized carbons (Fsp3) is 0.0714. The zero-order valence-electron chi connectivity index (χ0n) is 10.7. The average Bonchev–Trinajstić information content (AvgIpc) is 2.43. The Morgan fingerprint density at radius 2 is 1.90 bits per heavy atom. The fourth-order valence-electron chi connectivity index (χ4n) is 1.73. The van der Waals surface area contributed by atoms with E-state index in [1.807, 2.05) is 0 Å². The predicted molar refractivity (Wildman–Crippen MR) is 70.9 cm³/mol. The minimum Gasteiger partial charge on any atom is -0.481 e. The number of aliphatic carboxylic acids is 1. The number of nitro groups is 1. The molecule has 0 amide bonds. The van der Waals surface area contributed by atoms with Crippen LogP contribution in [0.25, 0.3) is 0 Å². The van der Waals surface area contributed by atoms with Gasteiger partial charge in [-0.2, -0.15) is 0 Å². The lowest BCUT2D eigenvalue weighted by atomic mass is 10.1. The summed E-state index contributed by atoms with van der Waals surface area (Å²) >= 11 is 0. The molecule has 1 N–H and O–H groups in total. The Morgan fingerprint density at radius 3 is 2.48 bits per heavy atom. The molecule has 108 valence electrons. The van der Waals surface area contributed by atoms with Crippen LogP contribution in [0.1, 0.15) is 5.56 Å². The smallest absolute Gasteiger partial charge is 0.314 e. The third-order valence-electron chi connectivity index (χ3n) is 2.66. The summed E-state index contributed by atoms with van der Waals surface area (Å²) in [5, 5.41) is 19.6. The first-order valence-electron chi connectivity index (χ1n) is 5.89. The van der Waals surface area contributed by atoms with E-state index in [4.69, 9.17) is 9.84 Å². The van der Waals surface area contributed by atoms with E-state index in [9.17, 15) is 19.3 Å². The molecule has 0 atom stereocenters. The van der Waals surface area contributed by atoms with Crippen molar-refractivity contribution in [2.24, 2.45) is 0 Å². The minimum atomic E-state index is -1.24. The molecule has 21 heavy (non-hydrogen) atoms. The second kappa shape index (κ2) is 6.00. The number of rotatable bonds is 5. The summed E-state index contributed by atoms with van der Waals surface area (Å²) in [6, 6.07) is 10.1. The van der Waals surface area contributed by atoms with Crippen LogP contribution in [0, 0.1) is 15.9 Å². The van der Waals surface area contributed by atoms with Crippen molar-refractivity contribution in [2.75, 3.05) is 0 Å². The Bertz CT molecular complexity index is 687. The normalized spacial score (nSPS) is 10.1. The van der Waals surface area contributed by atoms with Crippen molar-refractivity contribution in [3.05, 3.63) is 64.0 Å². The van der Waals surface area contributed by atoms with Crippen molar-refractivity contribution in [3.63, 3.8) is 0 Å². The molecule has 0 spiro atoms. The van der Waals surface area contributed by atoms with Crippen LogP contribution in [0.5, 0.6) is 11.5 Å². The molecule has 2 rings (SSSR count). The second-order valence-corrected chi connectivity index (χ2v) is 4.13. The first-order valence-corrected chi connectivity index (χ1v) is 5.89. The minimum absolute atomic E-state index is 0.181. The molecule has 0 saturated carbocycles. The Labute approximate surface area is 118 Å². The lowest BCUT2D eigenvalue weighted by Crippen LogP contribution is -2.05. The van der Waals surface area contributed by atoms with Gasteiger partial charge in [0.05, 0.1) is 11.3 Å². The highest BCUT2D eigenvalue weighted by Crippen LogP contribution is 2.35. The van der Waals surface area contributed by atoms with Gasteiger partial charge in [0.1, 0.15) is 5.75 Å². The van der Waals surface area contributed by atoms with E-state index in [1.165, 1.54) is 12.1 Å². The number of ether oxygens (including phenoxy) is 1. The summed E-state index contributed by atoms with van der Waals surface area (Å²) in [6.45, 7) is 0. The Kier molecular flexibility index (Phi) is 4.13. The van der Waals surface area contributed by atoms with Crippen LogP contribution in [-0.4, -0.2) is 16.0 Å². The summed E-state index contributed by atoms with van der Waals surface area (Å²) in [7, 11) is 0. The molecule has 0 aliphatic heterocycles. The third-order valence-corrected chi connectivity index (χ3v) is 2.66. The van der Waals surface area contributed by atoms with Crippen LogP contribution in [-0.2, 0) is 11.2 Å². The van der Waals surface area contributed by atoms with Gasteiger partial charge >= 0.3 is 11.7 Å². The fourth-order valence-corrected chi connectivity index (χ4v) is 1.73. The SMILES string of the molecule is O=C(O)Cc1ccc([N+](=O)[O-])c(Oc2ccccc2)c1F. The molecule has 6 nitrogen and oxygen atoms in total. The van der Waals surface area contributed by atoms with E-state index in [1.54, 1.807) is 18.2 Å². The van der Waals surface area contributed by atoms with Crippen molar-refractivity contribution in [3.8, 4) is 11.5 Å². The average molecular weight is 291 g/mol. The lowest BCUT2D eigenvalue weighted by Gasteiger charge is -2.09. The van der Waals surface area contributed by atoms with E-state index in [-0.39, 0.29) is 11.3 Å². The first-order chi connectivity index (χ1) is 9.99. The number of carbonyl (C=O) groups is 1. The maximum absolute atomic E-state index is 14.2. The molecule has 0 fully saturated rings. The van der Waals surface area contributed by atoms with E-state index in [2.05, 4.69) is 0 Å². The summed E-state index contributed by atoms with van der Waals surface area (Å²) in [5.74, 6) is -2.67. The van der Waals surface area contributed by atoms with E-state index in [0.717, 1.165) is 12.1 Å². The first kappa shape index (κ1) is 14.4. The van der Waals surface area contributed by atoms with Gasteiger partial charge in [0, 0.05) is 11.6 Å². The highest BCUT2D eigenvalue weighted by Gasteiger charge is 2.24. The van der Waals surface area contributed by atoms with Gasteiger partial charge in [0.15, 0.2) is 5.82 Å². The number of hydrogen-bond acceptors (Lipinski definition) is 4. The number of nitrogens with zero attached hydrogens (tertiary/aromatic N) is 1. The van der Waals surface area contributed by atoms with Gasteiger partial charge in [-0.1, -0.05) is 18.2 Å². The van der Waals surface area contributed by atoms with Crippen molar-refractivity contribution >= 4 is 11.7 Å². The highest BCUT2D eigenvalue weighted by molar-refractivity contribution is 5.71. The number of hydrogen-bond donors (Lipinski definition) is 1. The van der Waals surface area contributed by atoms with Crippen LogP contribution < -0.4 is 4.74 Å². The third kappa shape index (κ3) is 3.33. The molecule has 2 aromatic carbocycles. The number of nitro benzene ring substituents is 1. The molecule has 7 heteroatoms. The molecule has 0 aliphatic rings. The largest absolute Gasteiger partial charge is 0.481 e. The van der Waals surface area contributed by atoms with Crippen LogP contribution in [0.15, 0.2) is 42.5 Å². The van der Waals surface area contributed by atoms with Crippen molar-refractivity contribution in [1.29, 1.82) is 0 Å². The quantitative estimate of drug-likeness (QED) is 0.675. The number of carboxylic acids is 1. The number of halogens is 1. The van der Waals surface area contributed by atoms with Crippen molar-refractivity contribution in [1.82, 2.24) is 0 Å². The van der Waals surface area contributed by atoms with E-state index >= 15 is 0 Å². The molecule has 0 bridgehead atoms. The molecule has 0 saturated heterocycles. The zero-order chi connectivity index (χ0) is 15.4. The number of benzene rings is 2. The molecule has 0 heterocycles. The highest BCUT2D eigenvalue weighted by atomic mass is 19.1. The summed E-state index contributed by atoms with van der Waals surface area (Å²) in [4.78, 5) is 20.8. The number of para-hydroxylation sites is 1. The Morgan fingerprint density at radius 1 is 1.24 bits per heavy atom. The van der Waals surface area contributed by atoms with Crippen LogP contribution in [0.4, 0.5) is 10.1 Å². The Hall–Kier alpha value is -2.96. The van der Waals surface area contributed by atoms with Gasteiger partial charge in [-0.25, -0.2) is 4.39 Å². The maximum Gasteiger partial charge on any atom is 0.314 e. The van der Waals surface area contributed by atoms with Crippen LogP contribution >= 0.6 is 0 Å². The van der Waals surface area contributed by atoms with Gasteiger partial charge in [-0.3, -0.25) is 14.9 Å². The molecule has 0 aromatic heterocycles. The van der Waals surface area contributed by atoms with Gasteiger partial charge in [-0.05, 0) is 18.2 Å². The number of carboxylic acid groups (broad SMARTS) is 1. The summed E-state index contributed by atoms with van der Waals surface area (Å²) < 4.78 is 19.5. The monoisotopic (exact) mass is 291 g/mol. The van der Waals surface area contributed by atoms with Crippen LogP contribution in [0.3, 0.4) is 0 Å². The Balaban J connectivity index is 2.49. The molecular weight excluding hydrogens is 281 g/mol. The van der Waals surface area contributed by atoms with Gasteiger partial charge < -0.3 is 9.84 Å². The van der Waals surface area contributed by atoms with Gasteiger partial charge in [-0.15, -0.1) is 0 Å². The summed E-state index contributed by atoms with van der Waals surface area (Å²) in [6.07, 6.45) is -0.588. The molecular formula is C14H10FNO5. The van der Waals surface area contributed by atoms with Gasteiger partial charge in [0.2, 0.25) is 5.75 Å².